The molecule has 6 heteroatoms. The molecule has 0 saturated carbocycles. The van der Waals surface area contributed by atoms with Crippen LogP contribution in [0.3, 0.4) is 0 Å². The number of carbonyl (C=O) groups excluding carboxylic acids is 1. The first-order valence-corrected chi connectivity index (χ1v) is 18.9. The summed E-state index contributed by atoms with van der Waals surface area (Å²) in [5.74, 6) is 2.13. The molecule has 9 rings (SSSR count). The Hall–Kier alpha value is -4.57. The van der Waals surface area contributed by atoms with Gasteiger partial charge in [-0.05, 0) is 96.4 Å². The van der Waals surface area contributed by atoms with E-state index >= 15 is 4.79 Å². The van der Waals surface area contributed by atoms with Gasteiger partial charge in [0.1, 0.15) is 5.75 Å². The summed E-state index contributed by atoms with van der Waals surface area (Å²) in [4.78, 5) is 22.5. The van der Waals surface area contributed by atoms with Crippen molar-refractivity contribution in [2.45, 2.75) is 38.3 Å². The molecule has 3 saturated heterocycles. The van der Waals surface area contributed by atoms with Gasteiger partial charge in [-0.1, -0.05) is 104 Å². The Balaban J connectivity index is 1.29. The predicted octanol–water partition coefficient (Wildman–Crippen LogP) is 7.75. The molecule has 4 heterocycles. The number of aromatic nitrogens is 1. The fourth-order valence-electron chi connectivity index (χ4n) is 8.37. The number of piperidine rings is 3. The van der Waals surface area contributed by atoms with E-state index in [1.54, 1.807) is 7.11 Å². The van der Waals surface area contributed by atoms with Gasteiger partial charge in [0.05, 0.1) is 18.7 Å². The molecular formula is C43H42N3O2P. The molecule has 0 aliphatic carbocycles. The third kappa shape index (κ3) is 6.00. The van der Waals surface area contributed by atoms with Gasteiger partial charge in [0.15, 0.2) is 0 Å². The Bertz CT molecular complexity index is 2060. The highest BCUT2D eigenvalue weighted by Crippen LogP contribution is 2.44. The summed E-state index contributed by atoms with van der Waals surface area (Å²) in [5, 5.41) is 10.5. The van der Waals surface area contributed by atoms with Crippen molar-refractivity contribution in [2.75, 3.05) is 20.2 Å². The van der Waals surface area contributed by atoms with Gasteiger partial charge >= 0.3 is 0 Å². The highest BCUT2D eigenvalue weighted by atomic mass is 31.1. The smallest absolute Gasteiger partial charge is 0.252 e. The van der Waals surface area contributed by atoms with E-state index in [1.807, 2.05) is 18.3 Å². The Kier molecular flexibility index (Phi) is 8.89. The average Bonchev–Trinajstić information content (AvgIpc) is 3.17. The number of ether oxygens (including phenoxy) is 1. The number of hydrogen-bond acceptors (Lipinski definition) is 4. The van der Waals surface area contributed by atoms with Crippen LogP contribution in [-0.2, 0) is 0 Å². The lowest BCUT2D eigenvalue weighted by atomic mass is 9.72. The molecule has 3 aliphatic rings. The molecule has 0 radical (unpaired) electrons. The number of carbonyl (C=O) groups is 1. The van der Waals surface area contributed by atoms with Crippen molar-refractivity contribution >= 4 is 51.4 Å². The van der Waals surface area contributed by atoms with Crippen LogP contribution in [0.4, 0.5) is 0 Å². The number of methoxy groups -OCH3 is 1. The quantitative estimate of drug-likeness (QED) is 0.161. The molecular weight excluding hydrogens is 621 g/mol. The molecule has 1 N–H and O–H groups in total. The Labute approximate surface area is 290 Å². The molecule has 3 fully saturated rings. The van der Waals surface area contributed by atoms with Crippen LogP contribution in [0, 0.1) is 11.8 Å². The zero-order valence-electron chi connectivity index (χ0n) is 28.1. The standard InChI is InChI=1S/C43H42N3O2P/c1-3-29-28-46-25-23-31(29)26-40(46)41(36-22-24-44-39-21-19-32(48-2)27-38(36)39)45-43(47)37-20-18-30-12-10-11-17-35(30)42(37)49(33-13-6-4-7-14-33)34-15-8-5-9-16-34/h4-22,24,27,29,31,40-41H,3,23,25-26,28H2,1-2H3,(H,45,47)/t29?,31?,40?,41-/m1/s1. The molecule has 1 aromatic heterocycles. The number of benzene rings is 5. The Morgan fingerprint density at radius 1 is 0.898 bits per heavy atom. The first-order chi connectivity index (χ1) is 24.1. The van der Waals surface area contributed by atoms with Gasteiger partial charge in [-0.15, -0.1) is 0 Å². The Morgan fingerprint density at radius 2 is 1.63 bits per heavy atom. The van der Waals surface area contributed by atoms with Crippen LogP contribution in [0.15, 0.2) is 128 Å². The van der Waals surface area contributed by atoms with Crippen LogP contribution in [0.1, 0.15) is 48.1 Å². The number of amides is 1. The summed E-state index contributed by atoms with van der Waals surface area (Å²) in [6, 6.07) is 42.2. The van der Waals surface area contributed by atoms with E-state index in [9.17, 15) is 0 Å². The molecule has 5 nitrogen and oxygen atoms in total. The van der Waals surface area contributed by atoms with Gasteiger partial charge in [-0.2, -0.15) is 0 Å². The third-order valence-corrected chi connectivity index (χ3v) is 13.4. The number of rotatable bonds is 9. The second-order valence-corrected chi connectivity index (χ2v) is 15.6. The zero-order valence-corrected chi connectivity index (χ0v) is 29.0. The normalized spacial score (nSPS) is 20.8. The van der Waals surface area contributed by atoms with Crippen molar-refractivity contribution in [2.24, 2.45) is 11.8 Å². The molecule has 3 aliphatic heterocycles. The highest BCUT2D eigenvalue weighted by molar-refractivity contribution is 7.80. The highest BCUT2D eigenvalue weighted by Gasteiger charge is 2.44. The van der Waals surface area contributed by atoms with E-state index in [0.717, 1.165) is 63.4 Å². The summed E-state index contributed by atoms with van der Waals surface area (Å²) in [7, 11) is 0.662. The second kappa shape index (κ2) is 13.7. The van der Waals surface area contributed by atoms with E-state index in [4.69, 9.17) is 9.72 Å². The lowest BCUT2D eigenvalue weighted by Gasteiger charge is -2.52. The molecule has 0 spiro atoms. The number of nitrogens with zero attached hydrogens (tertiary/aromatic N) is 2. The molecule has 5 aromatic carbocycles. The van der Waals surface area contributed by atoms with Crippen LogP contribution < -0.4 is 26.0 Å². The van der Waals surface area contributed by atoms with Crippen molar-refractivity contribution < 1.29 is 9.53 Å². The molecule has 2 bridgehead atoms. The minimum absolute atomic E-state index is 0.0346. The van der Waals surface area contributed by atoms with Crippen molar-refractivity contribution in [3.05, 3.63) is 139 Å². The molecule has 246 valence electrons. The van der Waals surface area contributed by atoms with Gasteiger partial charge in [0, 0.05) is 35.0 Å². The van der Waals surface area contributed by atoms with Crippen LogP contribution in [-0.4, -0.2) is 42.0 Å². The first-order valence-electron chi connectivity index (χ1n) is 17.5. The van der Waals surface area contributed by atoms with Crippen molar-refractivity contribution in [1.82, 2.24) is 15.2 Å². The maximum atomic E-state index is 15.1. The summed E-state index contributed by atoms with van der Waals surface area (Å²) in [6.45, 7) is 4.47. The molecule has 6 aromatic rings. The van der Waals surface area contributed by atoms with Gasteiger partial charge in [-0.25, -0.2) is 0 Å². The van der Waals surface area contributed by atoms with Crippen molar-refractivity contribution in [1.29, 1.82) is 0 Å². The average molecular weight is 664 g/mol. The van der Waals surface area contributed by atoms with E-state index in [1.165, 1.54) is 23.5 Å². The van der Waals surface area contributed by atoms with E-state index in [-0.39, 0.29) is 18.0 Å². The number of hydrogen-bond donors (Lipinski definition) is 1. The minimum Gasteiger partial charge on any atom is -0.497 e. The van der Waals surface area contributed by atoms with Gasteiger partial charge in [0.2, 0.25) is 0 Å². The topological polar surface area (TPSA) is 54.5 Å². The van der Waals surface area contributed by atoms with Gasteiger partial charge in [0.25, 0.3) is 5.91 Å². The van der Waals surface area contributed by atoms with Crippen molar-refractivity contribution in [3.63, 3.8) is 0 Å². The molecule has 5 atom stereocenters. The van der Waals surface area contributed by atoms with Crippen LogP contribution >= 0.6 is 7.92 Å². The second-order valence-electron chi connectivity index (χ2n) is 13.4. The monoisotopic (exact) mass is 663 g/mol. The summed E-state index contributed by atoms with van der Waals surface area (Å²) >= 11 is 0. The maximum Gasteiger partial charge on any atom is 0.252 e. The van der Waals surface area contributed by atoms with Crippen LogP contribution in [0.2, 0.25) is 0 Å². The SMILES string of the molecule is CCC1CN2CCC1CC2[C@H](NC(=O)c1ccc2ccccc2c1P(c1ccccc1)c1ccccc1)c1ccnc2ccc(OC)cc12. The maximum absolute atomic E-state index is 15.1. The number of fused-ring (bicyclic) bond motifs is 5. The number of pyridine rings is 1. The van der Waals surface area contributed by atoms with Gasteiger partial charge in [-0.3, -0.25) is 14.7 Å². The molecule has 4 unspecified atom stereocenters. The van der Waals surface area contributed by atoms with E-state index in [0.29, 0.717) is 11.8 Å². The molecule has 1 amide bonds. The fourth-order valence-corrected chi connectivity index (χ4v) is 11.0. The molecule has 49 heavy (non-hydrogen) atoms. The summed E-state index contributed by atoms with van der Waals surface area (Å²) in [5.41, 5.74) is 2.74. The Morgan fingerprint density at radius 3 is 2.33 bits per heavy atom. The van der Waals surface area contributed by atoms with E-state index in [2.05, 4.69) is 126 Å². The number of nitrogens with one attached hydrogen (secondary N) is 1. The van der Waals surface area contributed by atoms with Crippen LogP contribution in [0.25, 0.3) is 21.7 Å². The third-order valence-electron chi connectivity index (χ3n) is 10.8. The fraction of sp³-hybridized carbons (Fsp3) is 0.256. The largest absolute Gasteiger partial charge is 0.497 e. The summed E-state index contributed by atoms with van der Waals surface area (Å²) in [6.07, 6.45) is 5.39. The minimum atomic E-state index is -1.04. The van der Waals surface area contributed by atoms with E-state index < -0.39 is 7.92 Å². The summed E-state index contributed by atoms with van der Waals surface area (Å²) < 4.78 is 5.67. The lowest BCUT2D eigenvalue weighted by molar-refractivity contribution is -0.0152. The van der Waals surface area contributed by atoms with Crippen LogP contribution in [0.5, 0.6) is 5.75 Å². The predicted molar refractivity (Wildman–Crippen MR) is 203 cm³/mol. The van der Waals surface area contributed by atoms with Gasteiger partial charge < -0.3 is 10.1 Å². The first kappa shape index (κ1) is 31.7. The zero-order chi connectivity index (χ0) is 33.3. The van der Waals surface area contributed by atoms with Crippen molar-refractivity contribution in [3.8, 4) is 5.75 Å². The lowest BCUT2D eigenvalue weighted by Crippen LogP contribution is -2.57.